The summed E-state index contributed by atoms with van der Waals surface area (Å²) in [7, 11) is 1.50. The number of hydrogen-bond donors (Lipinski definition) is 1. The molecule has 4 nitrogen and oxygen atoms in total. The highest BCUT2D eigenvalue weighted by molar-refractivity contribution is 5.67. The average Bonchev–Trinajstić information content (AvgIpc) is 2.47. The lowest BCUT2D eigenvalue weighted by Crippen LogP contribution is -2.45. The van der Waals surface area contributed by atoms with Crippen molar-refractivity contribution in [2.45, 2.75) is 25.4 Å². The Morgan fingerprint density at radius 3 is 2.60 bits per heavy atom. The van der Waals surface area contributed by atoms with Gasteiger partial charge in [-0.3, -0.25) is 0 Å². The summed E-state index contributed by atoms with van der Waals surface area (Å²) in [5, 5.41) is 0. The fourth-order valence-corrected chi connectivity index (χ4v) is 1.93. The maximum Gasteiger partial charge on any atom is 0.410 e. The van der Waals surface area contributed by atoms with E-state index >= 15 is 0 Å². The van der Waals surface area contributed by atoms with E-state index in [2.05, 4.69) is 5.73 Å². The molecule has 1 aromatic carbocycles. The molecule has 1 aromatic rings. The minimum Gasteiger partial charge on any atom is -0.445 e. The molecule has 112 valence electrons. The van der Waals surface area contributed by atoms with Gasteiger partial charge in [-0.1, -0.05) is 30.3 Å². The van der Waals surface area contributed by atoms with Crippen LogP contribution in [-0.4, -0.2) is 37.1 Å². The van der Waals surface area contributed by atoms with Crippen molar-refractivity contribution in [2.75, 3.05) is 20.1 Å². The third-order valence-corrected chi connectivity index (χ3v) is 2.86. The Hall–Kier alpha value is -1.69. The smallest absolute Gasteiger partial charge is 0.410 e. The Morgan fingerprint density at radius 2 is 2.00 bits per heavy atom. The Bertz CT molecular complexity index is 413. The number of carbonyl (C=O) groups is 1. The van der Waals surface area contributed by atoms with Crippen molar-refractivity contribution in [3.05, 3.63) is 35.9 Å². The number of ether oxygens (including phenoxy) is 1. The zero-order chi connectivity index (χ0) is 15.0. The topological polar surface area (TPSA) is 55.6 Å². The summed E-state index contributed by atoms with van der Waals surface area (Å²) < 4.78 is 31.3. The van der Waals surface area contributed by atoms with Gasteiger partial charge in [0.2, 0.25) is 0 Å². The zero-order valence-corrected chi connectivity index (χ0v) is 11.5. The number of carbonyl (C=O) groups excluding carboxylic acids is 1. The number of benzene rings is 1. The summed E-state index contributed by atoms with van der Waals surface area (Å²) in [6.45, 7) is -0.0917. The first kappa shape index (κ1) is 16.4. The molecular formula is C14H20F2N2O2. The fourth-order valence-electron chi connectivity index (χ4n) is 1.93. The van der Waals surface area contributed by atoms with Crippen LogP contribution in [-0.2, 0) is 11.3 Å². The second kappa shape index (κ2) is 7.79. The molecule has 6 heteroatoms. The molecule has 1 heterocycles. The molecule has 0 spiro atoms. The van der Waals surface area contributed by atoms with Crippen LogP contribution in [0.15, 0.2) is 30.3 Å². The van der Waals surface area contributed by atoms with Crippen molar-refractivity contribution in [3.63, 3.8) is 0 Å². The van der Waals surface area contributed by atoms with Crippen molar-refractivity contribution >= 4 is 6.09 Å². The van der Waals surface area contributed by atoms with E-state index < -0.39 is 18.6 Å². The van der Waals surface area contributed by atoms with Crippen LogP contribution in [0.3, 0.4) is 0 Å². The molecule has 1 saturated heterocycles. The molecule has 20 heavy (non-hydrogen) atoms. The van der Waals surface area contributed by atoms with Gasteiger partial charge in [-0.25, -0.2) is 13.6 Å². The van der Waals surface area contributed by atoms with Gasteiger partial charge in [-0.05, 0) is 19.0 Å². The molecule has 0 bridgehead atoms. The molecule has 0 aliphatic carbocycles. The first-order valence-electron chi connectivity index (χ1n) is 6.48. The van der Waals surface area contributed by atoms with Crippen molar-refractivity contribution in [3.8, 4) is 0 Å². The zero-order valence-electron chi connectivity index (χ0n) is 11.5. The lowest BCUT2D eigenvalue weighted by atomic mass is 10.1. The molecule has 2 rings (SSSR count). The second-order valence-corrected chi connectivity index (χ2v) is 4.42. The van der Waals surface area contributed by atoms with Crippen LogP contribution in [0.1, 0.15) is 18.4 Å². The van der Waals surface area contributed by atoms with E-state index in [1.165, 1.54) is 7.05 Å². The molecule has 1 aliphatic rings. The molecule has 0 radical (unpaired) electrons. The fraction of sp³-hybridized carbons (Fsp3) is 0.500. The number of nitrogens with two attached hydrogens (primary N) is 1. The van der Waals surface area contributed by atoms with Gasteiger partial charge in [0.05, 0.1) is 6.54 Å². The maximum atomic E-state index is 13.1. The van der Waals surface area contributed by atoms with Crippen LogP contribution in [0.4, 0.5) is 13.6 Å². The van der Waals surface area contributed by atoms with Crippen LogP contribution < -0.4 is 5.73 Å². The van der Waals surface area contributed by atoms with Gasteiger partial charge in [-0.15, -0.1) is 0 Å². The van der Waals surface area contributed by atoms with Gasteiger partial charge in [0.25, 0.3) is 5.92 Å². The van der Waals surface area contributed by atoms with E-state index in [9.17, 15) is 13.6 Å². The molecule has 1 fully saturated rings. The molecule has 0 unspecified atom stereocenters. The number of piperidine rings is 1. The maximum absolute atomic E-state index is 13.1. The Morgan fingerprint density at radius 1 is 1.35 bits per heavy atom. The number of rotatable bonds is 2. The Labute approximate surface area is 117 Å². The number of likely N-dealkylation sites (tertiary alicyclic amines) is 1. The molecule has 1 amide bonds. The summed E-state index contributed by atoms with van der Waals surface area (Å²) in [5.41, 5.74) is 5.34. The van der Waals surface area contributed by atoms with E-state index in [-0.39, 0.29) is 13.0 Å². The highest BCUT2D eigenvalue weighted by Gasteiger charge is 2.37. The average molecular weight is 286 g/mol. The van der Waals surface area contributed by atoms with E-state index in [4.69, 9.17) is 4.74 Å². The third-order valence-electron chi connectivity index (χ3n) is 2.86. The normalized spacial score (nSPS) is 16.9. The molecule has 0 saturated carbocycles. The lowest BCUT2D eigenvalue weighted by molar-refractivity contribution is -0.0611. The first-order chi connectivity index (χ1) is 9.57. The minimum atomic E-state index is -2.79. The monoisotopic (exact) mass is 286 g/mol. The molecule has 2 N–H and O–H groups in total. The molecular weight excluding hydrogens is 266 g/mol. The lowest BCUT2D eigenvalue weighted by Gasteiger charge is -2.31. The van der Waals surface area contributed by atoms with Crippen molar-refractivity contribution in [1.29, 1.82) is 0 Å². The Kier molecular flexibility index (Phi) is 6.38. The van der Waals surface area contributed by atoms with Crippen LogP contribution >= 0.6 is 0 Å². The van der Waals surface area contributed by atoms with Crippen LogP contribution in [0.5, 0.6) is 0 Å². The van der Waals surface area contributed by atoms with Crippen LogP contribution in [0.25, 0.3) is 0 Å². The van der Waals surface area contributed by atoms with Gasteiger partial charge in [0.15, 0.2) is 0 Å². The highest BCUT2D eigenvalue weighted by Crippen LogP contribution is 2.26. The van der Waals surface area contributed by atoms with E-state index in [0.29, 0.717) is 13.0 Å². The summed E-state index contributed by atoms with van der Waals surface area (Å²) in [6, 6.07) is 9.16. The third kappa shape index (κ3) is 5.13. The second-order valence-electron chi connectivity index (χ2n) is 4.42. The highest BCUT2D eigenvalue weighted by atomic mass is 19.3. The number of alkyl halides is 2. The van der Waals surface area contributed by atoms with Crippen molar-refractivity contribution < 1.29 is 18.3 Å². The van der Waals surface area contributed by atoms with Gasteiger partial charge in [-0.2, -0.15) is 0 Å². The summed E-state index contributed by atoms with van der Waals surface area (Å²) in [5.74, 6) is -2.79. The molecule has 0 atom stereocenters. The summed E-state index contributed by atoms with van der Waals surface area (Å²) in [4.78, 5) is 12.7. The molecule has 0 aromatic heterocycles. The van der Waals surface area contributed by atoms with Gasteiger partial charge in [0, 0.05) is 13.0 Å². The van der Waals surface area contributed by atoms with Crippen molar-refractivity contribution in [2.24, 2.45) is 5.73 Å². The van der Waals surface area contributed by atoms with E-state index in [0.717, 1.165) is 10.5 Å². The minimum absolute atomic E-state index is 0.113. The van der Waals surface area contributed by atoms with Crippen LogP contribution in [0.2, 0.25) is 0 Å². The largest absolute Gasteiger partial charge is 0.445 e. The molecule has 1 aliphatic heterocycles. The quantitative estimate of drug-likeness (QED) is 0.909. The predicted molar refractivity (Wildman–Crippen MR) is 72.5 cm³/mol. The van der Waals surface area contributed by atoms with Gasteiger partial charge < -0.3 is 15.4 Å². The number of amides is 1. The summed E-state index contributed by atoms with van der Waals surface area (Å²) >= 11 is 0. The van der Waals surface area contributed by atoms with Crippen molar-refractivity contribution in [1.82, 2.24) is 4.90 Å². The van der Waals surface area contributed by atoms with E-state index in [1.54, 1.807) is 0 Å². The number of nitrogens with zero attached hydrogens (tertiary/aromatic N) is 1. The van der Waals surface area contributed by atoms with Gasteiger partial charge in [0.1, 0.15) is 6.61 Å². The van der Waals surface area contributed by atoms with Gasteiger partial charge >= 0.3 is 6.09 Å². The SMILES string of the molecule is CN.O=C(OCc1ccccc1)N1CCCC(F)(F)C1. The summed E-state index contributed by atoms with van der Waals surface area (Å²) in [6.07, 6.45) is -0.513. The number of hydrogen-bond acceptors (Lipinski definition) is 3. The predicted octanol–water partition coefficient (Wildman–Crippen LogP) is 2.63. The Balaban J connectivity index is 0.000000956. The standard InChI is InChI=1S/C13H15F2NO2.CH5N/c14-13(15)7-4-8-16(10-13)12(17)18-9-11-5-2-1-3-6-11;1-2/h1-3,5-6H,4,7-10H2;2H2,1H3. The van der Waals surface area contributed by atoms with Crippen LogP contribution in [0, 0.1) is 0 Å². The first-order valence-corrected chi connectivity index (χ1v) is 6.48. The van der Waals surface area contributed by atoms with E-state index in [1.807, 2.05) is 30.3 Å². The number of halogens is 2.